The Labute approximate surface area is 87.3 Å². The van der Waals surface area contributed by atoms with Crippen molar-refractivity contribution < 1.29 is 24.1 Å². The van der Waals surface area contributed by atoms with Gasteiger partial charge >= 0.3 is 5.97 Å². The van der Waals surface area contributed by atoms with Gasteiger partial charge in [0.1, 0.15) is 6.10 Å². The third-order valence-electron chi connectivity index (χ3n) is 3.54. The second-order valence-electron chi connectivity index (χ2n) is 4.39. The molecule has 84 valence electrons. The monoisotopic (exact) mass is 214 g/mol. The first kappa shape index (κ1) is 9.57. The lowest BCUT2D eigenvalue weighted by Crippen LogP contribution is -2.33. The van der Waals surface area contributed by atoms with Gasteiger partial charge in [0.2, 0.25) is 0 Å². The van der Waals surface area contributed by atoms with Crippen molar-refractivity contribution in [3.63, 3.8) is 0 Å². The van der Waals surface area contributed by atoms with E-state index in [2.05, 4.69) is 0 Å². The average Bonchev–Trinajstić information content (AvgIpc) is 2.80. The number of aliphatic hydroxyl groups is 1. The molecule has 5 nitrogen and oxygen atoms in total. The predicted molar refractivity (Wildman–Crippen MR) is 47.8 cm³/mol. The maximum Gasteiger partial charge on any atom is 0.306 e. The van der Waals surface area contributed by atoms with Gasteiger partial charge in [-0.25, -0.2) is 0 Å². The zero-order valence-electron chi connectivity index (χ0n) is 8.30. The predicted octanol–water partition coefficient (Wildman–Crippen LogP) is -0.328. The van der Waals surface area contributed by atoms with E-state index in [1.807, 2.05) is 0 Å². The smallest absolute Gasteiger partial charge is 0.306 e. The normalized spacial score (nSPS) is 45.8. The number of carbonyl (C=O) groups is 1. The Bertz CT molecular complexity index is 273. The van der Waals surface area contributed by atoms with Crippen LogP contribution in [0.15, 0.2) is 0 Å². The van der Waals surface area contributed by atoms with Crippen LogP contribution in [0.25, 0.3) is 0 Å². The molecule has 0 unspecified atom stereocenters. The molecule has 1 aliphatic carbocycles. The zero-order chi connectivity index (χ0) is 10.4. The van der Waals surface area contributed by atoms with Crippen LogP contribution in [0.2, 0.25) is 0 Å². The fourth-order valence-corrected chi connectivity index (χ4v) is 2.90. The SMILES string of the molecule is O=C1C[C@@H]2[C@@H](C3OCCO3)[C@H](O)C[C@@H]2O1. The Kier molecular flexibility index (Phi) is 2.19. The molecule has 0 aromatic rings. The molecule has 3 rings (SSSR count). The molecule has 3 fully saturated rings. The molecule has 1 N–H and O–H groups in total. The highest BCUT2D eigenvalue weighted by atomic mass is 16.7. The molecule has 0 amide bonds. The minimum Gasteiger partial charge on any atom is -0.462 e. The van der Waals surface area contributed by atoms with E-state index in [0.29, 0.717) is 26.1 Å². The van der Waals surface area contributed by atoms with Gasteiger partial charge in [-0.2, -0.15) is 0 Å². The maximum absolute atomic E-state index is 11.1. The van der Waals surface area contributed by atoms with Crippen molar-refractivity contribution >= 4 is 5.97 Å². The van der Waals surface area contributed by atoms with Crippen LogP contribution in [0.1, 0.15) is 12.8 Å². The molecule has 1 saturated carbocycles. The van der Waals surface area contributed by atoms with Gasteiger partial charge in [0.25, 0.3) is 0 Å². The van der Waals surface area contributed by atoms with Gasteiger partial charge in [-0.05, 0) is 0 Å². The van der Waals surface area contributed by atoms with Crippen LogP contribution in [-0.2, 0) is 19.0 Å². The first-order valence-electron chi connectivity index (χ1n) is 5.36. The third kappa shape index (κ3) is 1.46. The highest BCUT2D eigenvalue weighted by molar-refractivity contribution is 5.72. The Morgan fingerprint density at radius 1 is 1.27 bits per heavy atom. The summed E-state index contributed by atoms with van der Waals surface area (Å²) in [6.07, 6.45) is -0.0640. The van der Waals surface area contributed by atoms with Crippen molar-refractivity contribution in [2.24, 2.45) is 11.8 Å². The standard InChI is InChI=1S/C10H14O5/c11-6-4-7-5(3-8(12)15-7)9(6)10-13-1-2-14-10/h5-7,9-11H,1-4H2/t5-,6+,7-,9+/m0/s1. The second-order valence-corrected chi connectivity index (χ2v) is 4.39. The van der Waals surface area contributed by atoms with Gasteiger partial charge in [0.05, 0.1) is 25.7 Å². The summed E-state index contributed by atoms with van der Waals surface area (Å²) >= 11 is 0. The van der Waals surface area contributed by atoms with Crippen molar-refractivity contribution in [3.05, 3.63) is 0 Å². The van der Waals surface area contributed by atoms with E-state index >= 15 is 0 Å². The van der Waals surface area contributed by atoms with Crippen LogP contribution in [0.5, 0.6) is 0 Å². The van der Waals surface area contributed by atoms with E-state index in [4.69, 9.17) is 14.2 Å². The minimum atomic E-state index is -0.476. The Morgan fingerprint density at radius 3 is 2.73 bits per heavy atom. The van der Waals surface area contributed by atoms with E-state index in [1.54, 1.807) is 0 Å². The van der Waals surface area contributed by atoms with Gasteiger partial charge in [0, 0.05) is 18.3 Å². The molecular formula is C10H14O5. The first-order chi connectivity index (χ1) is 7.25. The van der Waals surface area contributed by atoms with E-state index < -0.39 is 6.10 Å². The molecule has 4 atom stereocenters. The van der Waals surface area contributed by atoms with Crippen LogP contribution in [0.4, 0.5) is 0 Å². The second kappa shape index (κ2) is 3.43. The molecule has 0 aromatic heterocycles. The van der Waals surface area contributed by atoms with E-state index in [1.165, 1.54) is 0 Å². The number of ether oxygens (including phenoxy) is 3. The van der Waals surface area contributed by atoms with Crippen LogP contribution >= 0.6 is 0 Å². The van der Waals surface area contributed by atoms with Crippen molar-refractivity contribution in [1.29, 1.82) is 0 Å². The molecular weight excluding hydrogens is 200 g/mol. The van der Waals surface area contributed by atoms with Gasteiger partial charge in [0.15, 0.2) is 6.29 Å². The number of aliphatic hydroxyl groups excluding tert-OH is 1. The van der Waals surface area contributed by atoms with Crippen LogP contribution in [0, 0.1) is 11.8 Å². The number of hydrogen-bond donors (Lipinski definition) is 1. The van der Waals surface area contributed by atoms with Crippen molar-refractivity contribution in [3.8, 4) is 0 Å². The molecule has 0 spiro atoms. The highest BCUT2D eigenvalue weighted by Gasteiger charge is 2.53. The van der Waals surface area contributed by atoms with Crippen LogP contribution in [0.3, 0.4) is 0 Å². The number of esters is 1. The van der Waals surface area contributed by atoms with Gasteiger partial charge < -0.3 is 19.3 Å². The van der Waals surface area contributed by atoms with E-state index in [-0.39, 0.29) is 30.2 Å². The highest BCUT2D eigenvalue weighted by Crippen LogP contribution is 2.44. The van der Waals surface area contributed by atoms with Crippen molar-refractivity contribution in [2.45, 2.75) is 31.3 Å². The quantitative estimate of drug-likeness (QED) is 0.605. The molecule has 0 bridgehead atoms. The van der Waals surface area contributed by atoms with Gasteiger partial charge in [-0.15, -0.1) is 0 Å². The average molecular weight is 214 g/mol. The zero-order valence-corrected chi connectivity index (χ0v) is 8.30. The van der Waals surface area contributed by atoms with Crippen molar-refractivity contribution in [2.75, 3.05) is 13.2 Å². The van der Waals surface area contributed by atoms with Crippen LogP contribution in [-0.4, -0.2) is 42.8 Å². The maximum atomic E-state index is 11.1. The summed E-state index contributed by atoms with van der Waals surface area (Å²) in [5.74, 6) is -0.209. The minimum absolute atomic E-state index is 0.0654. The summed E-state index contributed by atoms with van der Waals surface area (Å²) in [5.41, 5.74) is 0. The molecule has 2 aliphatic heterocycles. The van der Waals surface area contributed by atoms with E-state index in [0.717, 1.165) is 0 Å². The fourth-order valence-electron chi connectivity index (χ4n) is 2.90. The Hall–Kier alpha value is -0.650. The largest absolute Gasteiger partial charge is 0.462 e. The Morgan fingerprint density at radius 2 is 2.00 bits per heavy atom. The number of carbonyl (C=O) groups excluding carboxylic acids is 1. The molecule has 5 heteroatoms. The lowest BCUT2D eigenvalue weighted by atomic mass is 9.91. The Balaban J connectivity index is 1.78. The molecule has 3 aliphatic rings. The van der Waals surface area contributed by atoms with Crippen LogP contribution < -0.4 is 0 Å². The summed E-state index contributed by atoms with van der Waals surface area (Å²) in [6.45, 7) is 1.14. The topological polar surface area (TPSA) is 65.0 Å². The molecule has 0 aromatic carbocycles. The third-order valence-corrected chi connectivity index (χ3v) is 3.54. The summed E-state index contributed by atoms with van der Waals surface area (Å²) < 4.78 is 15.9. The lowest BCUT2D eigenvalue weighted by Gasteiger charge is -2.23. The number of fused-ring (bicyclic) bond motifs is 1. The summed E-state index contributed by atoms with van der Waals surface area (Å²) in [6, 6.07) is 0. The number of hydrogen-bond acceptors (Lipinski definition) is 5. The molecule has 15 heavy (non-hydrogen) atoms. The fraction of sp³-hybridized carbons (Fsp3) is 0.900. The summed E-state index contributed by atoms with van der Waals surface area (Å²) in [5, 5.41) is 9.89. The molecule has 0 radical (unpaired) electrons. The van der Waals surface area contributed by atoms with Crippen molar-refractivity contribution in [1.82, 2.24) is 0 Å². The van der Waals surface area contributed by atoms with Gasteiger partial charge in [-0.1, -0.05) is 0 Å². The lowest BCUT2D eigenvalue weighted by molar-refractivity contribution is -0.142. The first-order valence-corrected chi connectivity index (χ1v) is 5.36. The molecule has 2 saturated heterocycles. The van der Waals surface area contributed by atoms with E-state index in [9.17, 15) is 9.90 Å². The molecule has 2 heterocycles. The summed E-state index contributed by atoms with van der Waals surface area (Å²) in [7, 11) is 0. The number of rotatable bonds is 1. The summed E-state index contributed by atoms with van der Waals surface area (Å²) in [4.78, 5) is 11.1. The van der Waals surface area contributed by atoms with Gasteiger partial charge in [-0.3, -0.25) is 4.79 Å².